The van der Waals surface area contributed by atoms with Gasteiger partial charge in [0.05, 0.1) is 17.8 Å². The Kier molecular flexibility index (Phi) is 4.18. The van der Waals surface area contributed by atoms with Gasteiger partial charge in [-0.1, -0.05) is 0 Å². The molecule has 0 saturated heterocycles. The van der Waals surface area contributed by atoms with E-state index in [0.717, 1.165) is 23.5 Å². The molecule has 1 aromatic heterocycles. The van der Waals surface area contributed by atoms with Crippen molar-refractivity contribution in [2.75, 3.05) is 0 Å². The molecule has 0 aliphatic rings. The molecule has 8 heteroatoms. The fraction of sp³-hybridized carbons (Fsp3) is 0.154. The van der Waals surface area contributed by atoms with Crippen LogP contribution in [0.2, 0.25) is 0 Å². The van der Waals surface area contributed by atoms with E-state index in [2.05, 4.69) is 10.3 Å². The van der Waals surface area contributed by atoms with Gasteiger partial charge in [-0.3, -0.25) is 4.79 Å². The minimum absolute atomic E-state index is 0.00205. The number of carbonyl (C=O) groups excluding carboxylic acids is 1. The highest BCUT2D eigenvalue weighted by Gasteiger charge is 2.16. The molecule has 0 unspecified atom stereocenters. The number of aromatic carboxylic acids is 1. The molecule has 2 rings (SSSR count). The van der Waals surface area contributed by atoms with Gasteiger partial charge in [0.25, 0.3) is 5.91 Å². The van der Waals surface area contributed by atoms with Crippen molar-refractivity contribution in [3.8, 4) is 5.75 Å². The van der Waals surface area contributed by atoms with E-state index in [1.165, 1.54) is 6.07 Å². The molecular weight excluding hydrogens is 299 g/mol. The number of aryl methyl sites for hydroxylation is 1. The Morgan fingerprint density at radius 2 is 2.14 bits per heavy atom. The first-order valence-corrected chi connectivity index (χ1v) is 6.66. The number of carboxylic acid groups (broad SMARTS) is 1. The summed E-state index contributed by atoms with van der Waals surface area (Å²) in [6.45, 7) is 1.56. The zero-order chi connectivity index (χ0) is 15.6. The van der Waals surface area contributed by atoms with Crippen LogP contribution in [0, 0.1) is 12.7 Å². The molecule has 2 aromatic rings. The quantitative estimate of drug-likeness (QED) is 0.801. The molecule has 0 saturated carbocycles. The molecule has 1 amide bonds. The largest absolute Gasteiger partial charge is 0.508 e. The standard InChI is InChI=1S/C13H11FN2O4S/c1-6-11(13(19)20)21-10(16-6)5-15-12(18)8-3-2-7(17)4-9(8)14/h2-4,17H,5H2,1H3,(H,15,18)(H,19,20). The van der Waals surface area contributed by atoms with E-state index >= 15 is 0 Å². The number of hydrogen-bond acceptors (Lipinski definition) is 5. The molecule has 3 N–H and O–H groups in total. The van der Waals surface area contributed by atoms with Gasteiger partial charge >= 0.3 is 5.97 Å². The maximum atomic E-state index is 13.5. The van der Waals surface area contributed by atoms with Crippen molar-refractivity contribution in [2.45, 2.75) is 13.5 Å². The van der Waals surface area contributed by atoms with E-state index in [-0.39, 0.29) is 22.7 Å². The highest BCUT2D eigenvalue weighted by Crippen LogP contribution is 2.18. The number of phenols is 1. The molecule has 0 aliphatic carbocycles. The normalized spacial score (nSPS) is 10.4. The minimum atomic E-state index is -1.08. The molecule has 21 heavy (non-hydrogen) atoms. The van der Waals surface area contributed by atoms with E-state index in [9.17, 15) is 14.0 Å². The Morgan fingerprint density at radius 1 is 1.43 bits per heavy atom. The number of halogens is 1. The second-order valence-corrected chi connectivity index (χ2v) is 5.26. The van der Waals surface area contributed by atoms with Crippen LogP contribution >= 0.6 is 11.3 Å². The molecule has 0 spiro atoms. The number of hydrogen-bond donors (Lipinski definition) is 3. The van der Waals surface area contributed by atoms with Crippen LogP contribution in [0.15, 0.2) is 18.2 Å². The number of aromatic nitrogens is 1. The molecule has 1 heterocycles. The first-order chi connectivity index (χ1) is 9.88. The van der Waals surface area contributed by atoms with E-state index < -0.39 is 17.7 Å². The van der Waals surface area contributed by atoms with E-state index in [4.69, 9.17) is 10.2 Å². The van der Waals surface area contributed by atoms with Gasteiger partial charge in [0.15, 0.2) is 0 Å². The lowest BCUT2D eigenvalue weighted by molar-refractivity contribution is 0.0701. The molecular formula is C13H11FN2O4S. The third-order valence-electron chi connectivity index (χ3n) is 2.63. The molecule has 0 bridgehead atoms. The topological polar surface area (TPSA) is 99.5 Å². The Labute approximate surface area is 122 Å². The van der Waals surface area contributed by atoms with Crippen LogP contribution in [0.4, 0.5) is 4.39 Å². The monoisotopic (exact) mass is 310 g/mol. The number of aromatic hydroxyl groups is 1. The molecule has 6 nitrogen and oxygen atoms in total. The van der Waals surface area contributed by atoms with Crippen molar-refractivity contribution >= 4 is 23.2 Å². The van der Waals surface area contributed by atoms with Gasteiger partial charge in [-0.05, 0) is 19.1 Å². The third kappa shape index (κ3) is 3.34. The minimum Gasteiger partial charge on any atom is -0.508 e. The molecule has 0 fully saturated rings. The van der Waals surface area contributed by atoms with Gasteiger partial charge < -0.3 is 15.5 Å². The number of carboxylic acids is 1. The average Bonchev–Trinajstić information content (AvgIpc) is 2.77. The summed E-state index contributed by atoms with van der Waals surface area (Å²) in [5.41, 5.74) is 0.159. The van der Waals surface area contributed by atoms with Crippen LogP contribution in [-0.4, -0.2) is 27.1 Å². The van der Waals surface area contributed by atoms with Gasteiger partial charge in [-0.25, -0.2) is 14.2 Å². The maximum Gasteiger partial charge on any atom is 0.347 e. The molecule has 0 radical (unpaired) electrons. The van der Waals surface area contributed by atoms with Crippen LogP contribution in [-0.2, 0) is 6.54 Å². The van der Waals surface area contributed by atoms with E-state index in [0.29, 0.717) is 10.7 Å². The van der Waals surface area contributed by atoms with Crippen molar-refractivity contribution in [3.63, 3.8) is 0 Å². The summed E-state index contributed by atoms with van der Waals surface area (Å²) in [5.74, 6) is -2.86. The Bertz CT molecular complexity index is 714. The second-order valence-electron chi connectivity index (χ2n) is 4.17. The van der Waals surface area contributed by atoms with Crippen LogP contribution in [0.3, 0.4) is 0 Å². The van der Waals surface area contributed by atoms with Gasteiger partial charge in [0, 0.05) is 6.07 Å². The van der Waals surface area contributed by atoms with Crippen molar-refractivity contribution in [3.05, 3.63) is 45.2 Å². The smallest absolute Gasteiger partial charge is 0.347 e. The highest BCUT2D eigenvalue weighted by atomic mass is 32.1. The van der Waals surface area contributed by atoms with Gasteiger partial charge in [0.1, 0.15) is 21.5 Å². The van der Waals surface area contributed by atoms with Gasteiger partial charge in [-0.15, -0.1) is 11.3 Å². The van der Waals surface area contributed by atoms with Crippen LogP contribution in [0.1, 0.15) is 30.7 Å². The van der Waals surface area contributed by atoms with Crippen molar-refractivity contribution in [1.82, 2.24) is 10.3 Å². The van der Waals surface area contributed by atoms with Crippen molar-refractivity contribution < 1.29 is 24.2 Å². The van der Waals surface area contributed by atoms with Gasteiger partial charge in [-0.2, -0.15) is 0 Å². The summed E-state index contributed by atoms with van der Waals surface area (Å²) in [5, 5.41) is 20.8. The Balaban J connectivity index is 2.07. The maximum absolute atomic E-state index is 13.5. The predicted octanol–water partition coefficient (Wildman–Crippen LogP) is 1.92. The van der Waals surface area contributed by atoms with Crippen molar-refractivity contribution in [1.29, 1.82) is 0 Å². The Hall–Kier alpha value is -2.48. The van der Waals surface area contributed by atoms with E-state index in [1.807, 2.05) is 0 Å². The third-order valence-corrected chi connectivity index (χ3v) is 3.78. The zero-order valence-electron chi connectivity index (χ0n) is 10.9. The fourth-order valence-corrected chi connectivity index (χ4v) is 2.51. The molecule has 0 atom stereocenters. The number of amides is 1. The van der Waals surface area contributed by atoms with Gasteiger partial charge in [0.2, 0.25) is 0 Å². The molecule has 0 aliphatic heterocycles. The van der Waals surface area contributed by atoms with Crippen LogP contribution in [0.25, 0.3) is 0 Å². The van der Waals surface area contributed by atoms with E-state index in [1.54, 1.807) is 6.92 Å². The summed E-state index contributed by atoms with van der Waals surface area (Å²) in [6, 6.07) is 3.20. The fourth-order valence-electron chi connectivity index (χ4n) is 1.67. The number of thiazole rings is 1. The summed E-state index contributed by atoms with van der Waals surface area (Å²) >= 11 is 0.952. The summed E-state index contributed by atoms with van der Waals surface area (Å²) in [4.78, 5) is 26.8. The van der Waals surface area contributed by atoms with Crippen LogP contribution < -0.4 is 5.32 Å². The lowest BCUT2D eigenvalue weighted by Gasteiger charge is -2.04. The van der Waals surface area contributed by atoms with Crippen molar-refractivity contribution in [2.24, 2.45) is 0 Å². The molecule has 1 aromatic carbocycles. The second kappa shape index (κ2) is 5.88. The lowest BCUT2D eigenvalue weighted by atomic mass is 10.2. The Morgan fingerprint density at radius 3 is 2.71 bits per heavy atom. The first kappa shape index (κ1) is 14.9. The number of carbonyl (C=O) groups is 2. The van der Waals surface area contributed by atoms with Crippen LogP contribution in [0.5, 0.6) is 5.75 Å². The SMILES string of the molecule is Cc1nc(CNC(=O)c2ccc(O)cc2F)sc1C(=O)O. The summed E-state index contributed by atoms with van der Waals surface area (Å²) < 4.78 is 13.5. The number of benzene rings is 1. The number of nitrogens with one attached hydrogen (secondary N) is 1. The molecule has 110 valence electrons. The summed E-state index contributed by atoms with van der Waals surface area (Å²) in [6.07, 6.45) is 0. The number of rotatable bonds is 4. The number of phenolic OH excluding ortho intramolecular Hbond substituents is 1. The zero-order valence-corrected chi connectivity index (χ0v) is 11.7. The number of nitrogens with zero attached hydrogens (tertiary/aromatic N) is 1. The highest BCUT2D eigenvalue weighted by molar-refractivity contribution is 7.13. The average molecular weight is 310 g/mol. The predicted molar refractivity (Wildman–Crippen MR) is 73.0 cm³/mol. The summed E-state index contributed by atoms with van der Waals surface area (Å²) in [7, 11) is 0. The lowest BCUT2D eigenvalue weighted by Crippen LogP contribution is -2.23. The first-order valence-electron chi connectivity index (χ1n) is 5.85.